The number of aliphatic hydroxyl groups is 1. The van der Waals surface area contributed by atoms with E-state index in [1.54, 1.807) is 6.07 Å². The van der Waals surface area contributed by atoms with Crippen LogP contribution in [0, 0.1) is 0 Å². The molecule has 1 amide bonds. The van der Waals surface area contributed by atoms with Gasteiger partial charge in [-0.2, -0.15) is 0 Å². The number of benzene rings is 1. The van der Waals surface area contributed by atoms with Gasteiger partial charge in [-0.3, -0.25) is 15.1 Å². The lowest BCUT2D eigenvalue weighted by Gasteiger charge is -2.35. The van der Waals surface area contributed by atoms with Crippen molar-refractivity contribution >= 4 is 5.91 Å². The molecule has 1 saturated heterocycles. The fraction of sp³-hybridized carbons (Fsp3) is 0.500. The zero-order valence-electron chi connectivity index (χ0n) is 11.2. The lowest BCUT2D eigenvalue weighted by atomic mass is 9.93. The molecule has 104 valence electrons. The Morgan fingerprint density at radius 1 is 1.47 bits per heavy atom. The fourth-order valence-corrected chi connectivity index (χ4v) is 2.35. The molecule has 2 rings (SSSR count). The highest BCUT2D eigenvalue weighted by Crippen LogP contribution is 2.22. The summed E-state index contributed by atoms with van der Waals surface area (Å²) in [4.78, 5) is 13.7. The molecule has 0 atom stereocenters. The fourth-order valence-electron chi connectivity index (χ4n) is 2.35. The van der Waals surface area contributed by atoms with Crippen LogP contribution in [0.3, 0.4) is 0 Å². The first-order valence-electron chi connectivity index (χ1n) is 6.55. The van der Waals surface area contributed by atoms with Crippen molar-refractivity contribution in [1.82, 2.24) is 10.3 Å². The minimum atomic E-state index is -0.530. The van der Waals surface area contributed by atoms with E-state index in [-0.39, 0.29) is 5.91 Å². The first-order valence-corrected chi connectivity index (χ1v) is 6.55. The van der Waals surface area contributed by atoms with Gasteiger partial charge in [0.2, 0.25) is 0 Å². The van der Waals surface area contributed by atoms with Gasteiger partial charge in [0.25, 0.3) is 5.91 Å². The number of hydrogen-bond donors (Lipinski definition) is 3. The average Bonchev–Trinajstić information content (AvgIpc) is 2.41. The van der Waals surface area contributed by atoms with Crippen molar-refractivity contribution in [3.63, 3.8) is 0 Å². The summed E-state index contributed by atoms with van der Waals surface area (Å²) in [5, 5.41) is 9.91. The lowest BCUT2D eigenvalue weighted by molar-refractivity contribution is -0.00730. The van der Waals surface area contributed by atoms with Crippen molar-refractivity contribution in [1.29, 1.82) is 0 Å². The Morgan fingerprint density at radius 3 is 2.79 bits per heavy atom. The summed E-state index contributed by atoms with van der Waals surface area (Å²) >= 11 is 0. The predicted molar refractivity (Wildman–Crippen MR) is 73.2 cm³/mol. The molecule has 0 aliphatic carbocycles. The van der Waals surface area contributed by atoms with Crippen molar-refractivity contribution in [3.05, 3.63) is 35.4 Å². The number of amides is 1. The average molecular weight is 263 g/mol. The maximum absolute atomic E-state index is 11.5. The van der Waals surface area contributed by atoms with E-state index in [0.717, 1.165) is 38.0 Å². The Labute approximate surface area is 113 Å². The van der Waals surface area contributed by atoms with E-state index in [1.807, 2.05) is 25.1 Å². The second-order valence-corrected chi connectivity index (χ2v) is 5.45. The molecule has 4 N–H and O–H groups in total. The van der Waals surface area contributed by atoms with Crippen molar-refractivity contribution in [2.75, 3.05) is 13.1 Å². The van der Waals surface area contributed by atoms with E-state index >= 15 is 0 Å². The third-order valence-corrected chi connectivity index (χ3v) is 3.66. The third-order valence-electron chi connectivity index (χ3n) is 3.66. The van der Waals surface area contributed by atoms with Crippen LogP contribution in [-0.2, 0) is 6.54 Å². The van der Waals surface area contributed by atoms with Gasteiger partial charge < -0.3 is 5.11 Å². The monoisotopic (exact) mass is 263 g/mol. The molecule has 0 radical (unpaired) electrons. The Morgan fingerprint density at radius 2 is 2.16 bits per heavy atom. The van der Waals surface area contributed by atoms with Gasteiger partial charge in [0.15, 0.2) is 0 Å². The van der Waals surface area contributed by atoms with Crippen LogP contribution < -0.4 is 11.3 Å². The molecule has 1 fully saturated rings. The van der Waals surface area contributed by atoms with Crippen molar-refractivity contribution in [2.24, 2.45) is 5.84 Å². The van der Waals surface area contributed by atoms with Gasteiger partial charge in [-0.15, -0.1) is 0 Å². The van der Waals surface area contributed by atoms with Crippen molar-refractivity contribution in [2.45, 2.75) is 31.9 Å². The summed E-state index contributed by atoms with van der Waals surface area (Å²) in [7, 11) is 0. The normalized spacial score (nSPS) is 19.1. The first kappa shape index (κ1) is 14.0. The molecule has 0 bridgehead atoms. The molecular weight excluding hydrogens is 242 g/mol. The number of carbonyl (C=O) groups is 1. The maximum Gasteiger partial charge on any atom is 0.265 e. The molecule has 19 heavy (non-hydrogen) atoms. The first-order chi connectivity index (χ1) is 9.00. The minimum Gasteiger partial charge on any atom is -0.390 e. The second kappa shape index (κ2) is 5.69. The molecule has 1 aliphatic rings. The molecule has 1 aliphatic heterocycles. The van der Waals surface area contributed by atoms with E-state index < -0.39 is 5.60 Å². The van der Waals surface area contributed by atoms with E-state index in [0.29, 0.717) is 5.56 Å². The van der Waals surface area contributed by atoms with E-state index in [9.17, 15) is 9.90 Å². The number of piperidine rings is 1. The van der Waals surface area contributed by atoms with Crippen LogP contribution in [0.2, 0.25) is 0 Å². The molecule has 5 heteroatoms. The maximum atomic E-state index is 11.5. The summed E-state index contributed by atoms with van der Waals surface area (Å²) in [6.45, 7) is 4.43. The van der Waals surface area contributed by atoms with Crippen LogP contribution in [0.5, 0.6) is 0 Å². The van der Waals surface area contributed by atoms with Crippen LogP contribution in [0.25, 0.3) is 0 Å². The van der Waals surface area contributed by atoms with Crippen LogP contribution in [0.15, 0.2) is 24.3 Å². The molecule has 1 aromatic rings. The second-order valence-electron chi connectivity index (χ2n) is 5.45. The van der Waals surface area contributed by atoms with Crippen LogP contribution >= 0.6 is 0 Å². The highest BCUT2D eigenvalue weighted by atomic mass is 16.3. The summed E-state index contributed by atoms with van der Waals surface area (Å²) in [6.07, 6.45) is 1.58. The van der Waals surface area contributed by atoms with Crippen LogP contribution in [0.1, 0.15) is 35.7 Å². The summed E-state index contributed by atoms with van der Waals surface area (Å²) in [6, 6.07) is 7.46. The Hall–Kier alpha value is -1.43. The van der Waals surface area contributed by atoms with E-state index in [4.69, 9.17) is 5.84 Å². The number of likely N-dealkylation sites (tertiary alicyclic amines) is 1. The number of nitrogens with zero attached hydrogens (tertiary/aromatic N) is 1. The van der Waals surface area contributed by atoms with Crippen molar-refractivity contribution < 1.29 is 9.90 Å². The minimum absolute atomic E-state index is 0.275. The molecule has 5 nitrogen and oxygen atoms in total. The van der Waals surface area contributed by atoms with E-state index in [1.165, 1.54) is 0 Å². The Balaban J connectivity index is 1.98. The molecule has 0 spiro atoms. The topological polar surface area (TPSA) is 78.6 Å². The van der Waals surface area contributed by atoms with Gasteiger partial charge in [0.1, 0.15) is 0 Å². The van der Waals surface area contributed by atoms with Crippen LogP contribution in [0.4, 0.5) is 0 Å². The zero-order valence-corrected chi connectivity index (χ0v) is 11.2. The number of nitrogen functional groups attached to an aromatic ring is 1. The quantitative estimate of drug-likeness (QED) is 0.425. The van der Waals surface area contributed by atoms with Gasteiger partial charge in [-0.1, -0.05) is 12.1 Å². The summed E-state index contributed by atoms with van der Waals surface area (Å²) < 4.78 is 0. The number of hydrazine groups is 1. The standard InChI is InChI=1S/C14H21N3O2/c1-14(19)5-7-17(8-6-14)10-11-3-2-4-12(9-11)13(18)16-15/h2-4,9,19H,5-8,10,15H2,1H3,(H,16,18). The molecule has 1 heterocycles. The van der Waals surface area contributed by atoms with Gasteiger partial charge in [0, 0.05) is 25.2 Å². The van der Waals surface area contributed by atoms with E-state index in [2.05, 4.69) is 10.3 Å². The largest absolute Gasteiger partial charge is 0.390 e. The lowest BCUT2D eigenvalue weighted by Crippen LogP contribution is -2.42. The number of nitrogens with two attached hydrogens (primary N) is 1. The summed E-state index contributed by atoms with van der Waals surface area (Å²) in [5.74, 6) is 4.86. The number of hydrogen-bond acceptors (Lipinski definition) is 4. The van der Waals surface area contributed by atoms with Gasteiger partial charge >= 0.3 is 0 Å². The smallest absolute Gasteiger partial charge is 0.265 e. The predicted octanol–water partition coefficient (Wildman–Crippen LogP) is 0.637. The molecule has 0 saturated carbocycles. The summed E-state index contributed by atoms with van der Waals surface area (Å²) in [5.41, 5.74) is 3.27. The molecule has 0 aromatic heterocycles. The number of nitrogens with one attached hydrogen (secondary N) is 1. The van der Waals surface area contributed by atoms with Gasteiger partial charge in [-0.05, 0) is 37.5 Å². The van der Waals surface area contributed by atoms with Gasteiger partial charge in [-0.25, -0.2) is 5.84 Å². The number of rotatable bonds is 3. The highest BCUT2D eigenvalue weighted by molar-refractivity contribution is 5.93. The Kier molecular flexibility index (Phi) is 4.19. The molecule has 1 aromatic carbocycles. The number of carbonyl (C=O) groups excluding carboxylic acids is 1. The SMILES string of the molecule is CC1(O)CCN(Cc2cccc(C(=O)NN)c2)CC1. The highest BCUT2D eigenvalue weighted by Gasteiger charge is 2.27. The van der Waals surface area contributed by atoms with Gasteiger partial charge in [0.05, 0.1) is 5.60 Å². The zero-order chi connectivity index (χ0) is 13.9. The van der Waals surface area contributed by atoms with Crippen LogP contribution in [-0.4, -0.2) is 34.6 Å². The Bertz CT molecular complexity index is 450. The molecule has 0 unspecified atom stereocenters. The third kappa shape index (κ3) is 3.76. The molecular formula is C14H21N3O2. The van der Waals surface area contributed by atoms with Crippen molar-refractivity contribution in [3.8, 4) is 0 Å².